The van der Waals surface area contributed by atoms with Crippen molar-refractivity contribution in [1.82, 2.24) is 4.90 Å². The van der Waals surface area contributed by atoms with Gasteiger partial charge in [-0.3, -0.25) is 0 Å². The lowest BCUT2D eigenvalue weighted by molar-refractivity contribution is -0.0987. The Morgan fingerprint density at radius 2 is 1.87 bits per heavy atom. The first kappa shape index (κ1) is 22.9. The molecule has 0 radical (unpaired) electrons. The lowest BCUT2D eigenvalue weighted by Crippen LogP contribution is -2.54. The van der Waals surface area contributed by atoms with Crippen molar-refractivity contribution in [3.05, 3.63) is 11.6 Å². The van der Waals surface area contributed by atoms with Crippen molar-refractivity contribution in [3.63, 3.8) is 0 Å². The SMILES string of the molecule is C#CC1(O)CCC2C3CCC4=C/C(=N\OCCN(CC)CC)CCC4(C)C3CCC21C. The van der Waals surface area contributed by atoms with Gasteiger partial charge in [0.1, 0.15) is 12.2 Å². The van der Waals surface area contributed by atoms with Crippen molar-refractivity contribution in [2.24, 2.45) is 33.7 Å². The van der Waals surface area contributed by atoms with Crippen LogP contribution < -0.4 is 0 Å². The number of fused-ring (bicyclic) bond motifs is 5. The third-order valence-electron chi connectivity index (χ3n) is 9.94. The lowest BCUT2D eigenvalue weighted by atomic mass is 9.46. The van der Waals surface area contributed by atoms with Crippen LogP contribution in [0.3, 0.4) is 0 Å². The van der Waals surface area contributed by atoms with E-state index < -0.39 is 5.60 Å². The molecule has 31 heavy (non-hydrogen) atoms. The fourth-order valence-electron chi connectivity index (χ4n) is 7.73. The Morgan fingerprint density at radius 1 is 1.13 bits per heavy atom. The summed E-state index contributed by atoms with van der Waals surface area (Å²) in [6.45, 7) is 12.9. The molecule has 0 heterocycles. The van der Waals surface area contributed by atoms with Crippen molar-refractivity contribution in [3.8, 4) is 12.3 Å². The number of terminal acetylenes is 1. The molecule has 4 rings (SSSR count). The van der Waals surface area contributed by atoms with Gasteiger partial charge in [0.15, 0.2) is 0 Å². The molecule has 4 heteroatoms. The average molecular weight is 427 g/mol. The number of hydrogen-bond donors (Lipinski definition) is 1. The van der Waals surface area contributed by atoms with Crippen molar-refractivity contribution in [2.75, 3.05) is 26.2 Å². The Kier molecular flexibility index (Phi) is 6.32. The lowest BCUT2D eigenvalue weighted by Gasteiger charge is -2.58. The van der Waals surface area contributed by atoms with Crippen molar-refractivity contribution in [2.45, 2.75) is 84.7 Å². The van der Waals surface area contributed by atoms with Crippen LogP contribution in [-0.2, 0) is 4.84 Å². The monoisotopic (exact) mass is 426 g/mol. The molecule has 4 nitrogen and oxygen atoms in total. The number of oxime groups is 1. The minimum atomic E-state index is -0.908. The third-order valence-corrected chi connectivity index (χ3v) is 9.94. The van der Waals surface area contributed by atoms with Gasteiger partial charge in [0.25, 0.3) is 0 Å². The van der Waals surface area contributed by atoms with E-state index in [9.17, 15) is 5.11 Å². The molecular weight excluding hydrogens is 384 g/mol. The smallest absolute Gasteiger partial charge is 0.130 e. The minimum absolute atomic E-state index is 0.111. The maximum atomic E-state index is 11.2. The molecule has 6 unspecified atom stereocenters. The highest BCUT2D eigenvalue weighted by molar-refractivity contribution is 5.96. The first-order valence-electron chi connectivity index (χ1n) is 12.6. The molecule has 6 atom stereocenters. The summed E-state index contributed by atoms with van der Waals surface area (Å²) >= 11 is 0. The molecular formula is C27H42N2O2. The van der Waals surface area contributed by atoms with E-state index in [1.807, 2.05) is 0 Å². The Bertz CT molecular complexity index is 779. The van der Waals surface area contributed by atoms with Crippen LogP contribution in [0.25, 0.3) is 0 Å². The summed E-state index contributed by atoms with van der Waals surface area (Å²) in [5.74, 6) is 4.75. The quantitative estimate of drug-likeness (QED) is 0.368. The fourth-order valence-corrected chi connectivity index (χ4v) is 7.73. The van der Waals surface area contributed by atoms with Gasteiger partial charge in [0, 0.05) is 12.0 Å². The second-order valence-electron chi connectivity index (χ2n) is 10.9. The molecule has 0 aliphatic heterocycles. The molecule has 3 saturated carbocycles. The number of likely N-dealkylation sites (N-methyl/N-ethyl adjacent to an activating group) is 1. The second kappa shape index (κ2) is 8.56. The molecule has 0 aromatic carbocycles. The van der Waals surface area contributed by atoms with Crippen LogP contribution in [0.1, 0.15) is 79.1 Å². The highest BCUT2D eigenvalue weighted by Crippen LogP contribution is 2.67. The predicted molar refractivity (Wildman–Crippen MR) is 127 cm³/mol. The van der Waals surface area contributed by atoms with Gasteiger partial charge in [-0.05, 0) is 93.7 Å². The minimum Gasteiger partial charge on any atom is -0.394 e. The number of nitrogens with zero attached hydrogens (tertiary/aromatic N) is 2. The van der Waals surface area contributed by atoms with Crippen LogP contribution in [0, 0.1) is 40.9 Å². The first-order chi connectivity index (χ1) is 14.8. The maximum absolute atomic E-state index is 11.2. The normalized spacial score (nSPS) is 43.1. The Labute approximate surface area is 189 Å². The van der Waals surface area contributed by atoms with Crippen LogP contribution in [0.5, 0.6) is 0 Å². The zero-order valence-electron chi connectivity index (χ0n) is 20.1. The van der Waals surface area contributed by atoms with Crippen molar-refractivity contribution < 1.29 is 9.94 Å². The van der Waals surface area contributed by atoms with Gasteiger partial charge in [0.05, 0.1) is 5.71 Å². The fraction of sp³-hybridized carbons (Fsp3) is 0.815. The van der Waals surface area contributed by atoms with E-state index in [1.54, 1.807) is 5.57 Å². The number of rotatable bonds is 6. The second-order valence-corrected chi connectivity index (χ2v) is 10.9. The molecule has 0 aromatic rings. The molecule has 0 aromatic heterocycles. The summed E-state index contributed by atoms with van der Waals surface area (Å²) in [5.41, 5.74) is 1.95. The summed E-state index contributed by atoms with van der Waals surface area (Å²) in [7, 11) is 0. The largest absolute Gasteiger partial charge is 0.394 e. The van der Waals surface area contributed by atoms with Gasteiger partial charge in [0.2, 0.25) is 0 Å². The molecule has 0 saturated heterocycles. The molecule has 172 valence electrons. The molecule has 0 amide bonds. The molecule has 1 N–H and O–H groups in total. The van der Waals surface area contributed by atoms with Gasteiger partial charge in [-0.25, -0.2) is 0 Å². The summed E-state index contributed by atoms with van der Waals surface area (Å²) < 4.78 is 0. The van der Waals surface area contributed by atoms with E-state index in [0.717, 1.165) is 57.5 Å². The molecule has 4 aliphatic rings. The molecule has 3 fully saturated rings. The van der Waals surface area contributed by atoms with Gasteiger partial charge in [-0.2, -0.15) is 0 Å². The highest BCUT2D eigenvalue weighted by atomic mass is 16.6. The van der Waals surface area contributed by atoms with Crippen molar-refractivity contribution in [1.29, 1.82) is 0 Å². The average Bonchev–Trinajstić information content (AvgIpc) is 3.05. The number of aliphatic hydroxyl groups is 1. The van der Waals surface area contributed by atoms with Crippen LogP contribution in [0.15, 0.2) is 16.8 Å². The number of hydrogen-bond acceptors (Lipinski definition) is 4. The molecule has 0 spiro atoms. The van der Waals surface area contributed by atoms with Crippen LogP contribution in [0.4, 0.5) is 0 Å². The topological polar surface area (TPSA) is 45.1 Å². The third kappa shape index (κ3) is 3.66. The zero-order chi connectivity index (χ0) is 22.3. The van der Waals surface area contributed by atoms with E-state index in [0.29, 0.717) is 24.4 Å². The number of allylic oxidation sites excluding steroid dienone is 2. The van der Waals surface area contributed by atoms with Gasteiger partial charge < -0.3 is 14.8 Å². The Morgan fingerprint density at radius 3 is 2.58 bits per heavy atom. The summed E-state index contributed by atoms with van der Waals surface area (Å²) in [5, 5.41) is 15.7. The standard InChI is InChI=1S/C27H42N2O2/c1-6-27(30)16-13-24-22-10-9-20-19-21(28-31-18-17-29(7-2)8-3)11-14-25(20,4)23(22)12-15-26(24,27)5/h1,19,22-24,30H,7-18H2,2-5H3/b28-21-. The highest BCUT2D eigenvalue weighted by Gasteiger charge is 2.63. The van der Waals surface area contributed by atoms with Crippen LogP contribution in [0.2, 0.25) is 0 Å². The first-order valence-corrected chi connectivity index (χ1v) is 12.6. The summed E-state index contributed by atoms with van der Waals surface area (Å²) in [4.78, 5) is 8.05. The maximum Gasteiger partial charge on any atom is 0.130 e. The molecule has 0 bridgehead atoms. The Hall–Kier alpha value is -1.31. The van der Waals surface area contributed by atoms with Gasteiger partial charge in [-0.1, -0.05) is 44.3 Å². The van der Waals surface area contributed by atoms with Crippen LogP contribution >= 0.6 is 0 Å². The van der Waals surface area contributed by atoms with Gasteiger partial charge in [-0.15, -0.1) is 6.42 Å². The van der Waals surface area contributed by atoms with E-state index in [4.69, 9.17) is 11.3 Å². The van der Waals surface area contributed by atoms with Crippen LogP contribution in [-0.4, -0.2) is 47.6 Å². The van der Waals surface area contributed by atoms with Crippen molar-refractivity contribution >= 4 is 5.71 Å². The van der Waals surface area contributed by atoms with E-state index >= 15 is 0 Å². The molecule has 4 aliphatic carbocycles. The van der Waals surface area contributed by atoms with Gasteiger partial charge >= 0.3 is 0 Å². The zero-order valence-corrected chi connectivity index (χ0v) is 20.1. The predicted octanol–water partition coefficient (Wildman–Crippen LogP) is 5.03. The summed E-state index contributed by atoms with van der Waals surface area (Å²) in [6, 6.07) is 0. The van der Waals surface area contributed by atoms with E-state index in [1.165, 1.54) is 19.3 Å². The van der Waals surface area contributed by atoms with E-state index in [-0.39, 0.29) is 10.8 Å². The Balaban J connectivity index is 1.46. The van der Waals surface area contributed by atoms with E-state index in [2.05, 4.69) is 49.7 Å². The summed E-state index contributed by atoms with van der Waals surface area (Å²) in [6.07, 6.45) is 16.8.